The average Bonchev–Trinajstić information content (AvgIpc) is 2.10. The van der Waals surface area contributed by atoms with Crippen LogP contribution in [0.4, 0.5) is 5.82 Å². The summed E-state index contributed by atoms with van der Waals surface area (Å²) < 4.78 is 0. The van der Waals surface area contributed by atoms with Gasteiger partial charge in [-0.25, -0.2) is 4.98 Å². The molecule has 0 fully saturated rings. The Bertz CT molecular complexity index is 330. The van der Waals surface area contributed by atoms with Crippen molar-refractivity contribution in [3.05, 3.63) is 22.8 Å². The fourth-order valence-electron chi connectivity index (χ4n) is 0.963. The van der Waals surface area contributed by atoms with Crippen molar-refractivity contribution in [3.63, 3.8) is 0 Å². The summed E-state index contributed by atoms with van der Waals surface area (Å²) in [7, 11) is 0. The zero-order valence-corrected chi connectivity index (χ0v) is 8.10. The molecule has 0 aliphatic rings. The minimum absolute atomic E-state index is 0.346. The van der Waals surface area contributed by atoms with Crippen LogP contribution in [0.25, 0.3) is 0 Å². The third kappa shape index (κ3) is 2.60. The van der Waals surface area contributed by atoms with Crippen LogP contribution >= 0.6 is 11.6 Å². The van der Waals surface area contributed by atoms with E-state index < -0.39 is 0 Å². The Morgan fingerprint density at radius 3 is 3.00 bits per heavy atom. The van der Waals surface area contributed by atoms with Crippen molar-refractivity contribution in [1.82, 2.24) is 4.98 Å². The number of aromatic nitrogens is 1. The molecule has 13 heavy (non-hydrogen) atoms. The molecule has 68 valence electrons. The molecule has 1 aromatic rings. The van der Waals surface area contributed by atoms with Gasteiger partial charge in [0.2, 0.25) is 0 Å². The minimum atomic E-state index is 0.346. The van der Waals surface area contributed by atoms with E-state index in [9.17, 15) is 0 Å². The largest absolute Gasteiger partial charge is 0.369 e. The van der Waals surface area contributed by atoms with Crippen LogP contribution in [0.3, 0.4) is 0 Å². The third-order valence-corrected chi connectivity index (χ3v) is 1.81. The number of pyridine rings is 1. The summed E-state index contributed by atoms with van der Waals surface area (Å²) in [4.78, 5) is 4.09. The number of nitriles is 1. The van der Waals surface area contributed by atoms with Crippen molar-refractivity contribution in [3.8, 4) is 6.07 Å². The van der Waals surface area contributed by atoms with Crippen LogP contribution in [0.1, 0.15) is 12.5 Å². The number of nitrogens with one attached hydrogen (secondary N) is 1. The molecule has 3 nitrogen and oxygen atoms in total. The standard InChI is InChI=1S/C9H10ClN3/c1-2-12-9-8(10)5-7(3-4-11)6-13-9/h5-6H,2-3H2,1H3,(H,12,13). The van der Waals surface area contributed by atoms with Gasteiger partial charge in [-0.05, 0) is 18.6 Å². The second kappa shape index (κ2) is 4.68. The highest BCUT2D eigenvalue weighted by Gasteiger charge is 2.01. The minimum Gasteiger partial charge on any atom is -0.369 e. The quantitative estimate of drug-likeness (QED) is 0.805. The Morgan fingerprint density at radius 2 is 2.46 bits per heavy atom. The predicted octanol–water partition coefficient (Wildman–Crippen LogP) is 2.23. The van der Waals surface area contributed by atoms with Crippen LogP contribution in [0.5, 0.6) is 0 Å². The lowest BCUT2D eigenvalue weighted by Crippen LogP contribution is -2.00. The molecule has 0 unspecified atom stereocenters. The van der Waals surface area contributed by atoms with Crippen molar-refractivity contribution < 1.29 is 0 Å². The maximum atomic E-state index is 8.45. The first-order chi connectivity index (χ1) is 6.27. The van der Waals surface area contributed by atoms with Crippen molar-refractivity contribution in [2.75, 3.05) is 11.9 Å². The first kappa shape index (κ1) is 9.82. The smallest absolute Gasteiger partial charge is 0.144 e. The van der Waals surface area contributed by atoms with E-state index in [1.807, 2.05) is 13.0 Å². The Balaban J connectivity index is 2.86. The van der Waals surface area contributed by atoms with Crippen LogP contribution in [0, 0.1) is 11.3 Å². The molecule has 1 heterocycles. The molecule has 0 amide bonds. The monoisotopic (exact) mass is 195 g/mol. The van der Waals surface area contributed by atoms with E-state index in [0.717, 1.165) is 12.1 Å². The molecule has 1 rings (SSSR count). The maximum absolute atomic E-state index is 8.45. The molecule has 0 saturated heterocycles. The van der Waals surface area contributed by atoms with Gasteiger partial charge in [-0.2, -0.15) is 5.26 Å². The maximum Gasteiger partial charge on any atom is 0.144 e. The van der Waals surface area contributed by atoms with Crippen LogP contribution in [-0.4, -0.2) is 11.5 Å². The molecule has 1 N–H and O–H groups in total. The van der Waals surface area contributed by atoms with Gasteiger partial charge >= 0.3 is 0 Å². The Labute approximate surface area is 82.4 Å². The van der Waals surface area contributed by atoms with Gasteiger partial charge in [-0.1, -0.05) is 11.6 Å². The lowest BCUT2D eigenvalue weighted by atomic mass is 10.2. The van der Waals surface area contributed by atoms with Crippen molar-refractivity contribution in [2.24, 2.45) is 0 Å². The topological polar surface area (TPSA) is 48.7 Å². The summed E-state index contributed by atoms with van der Waals surface area (Å²) in [6.07, 6.45) is 2.01. The van der Waals surface area contributed by atoms with Crippen LogP contribution in [0.2, 0.25) is 5.02 Å². The summed E-state index contributed by atoms with van der Waals surface area (Å²) in [6, 6.07) is 3.80. The van der Waals surface area contributed by atoms with Gasteiger partial charge in [0, 0.05) is 12.7 Å². The molecular weight excluding hydrogens is 186 g/mol. The predicted molar refractivity (Wildman–Crippen MR) is 52.7 cm³/mol. The number of hydrogen-bond donors (Lipinski definition) is 1. The molecule has 0 atom stereocenters. The van der Waals surface area contributed by atoms with E-state index >= 15 is 0 Å². The lowest BCUT2D eigenvalue weighted by Gasteiger charge is -2.04. The second-order valence-electron chi connectivity index (χ2n) is 2.54. The zero-order valence-electron chi connectivity index (χ0n) is 7.34. The average molecular weight is 196 g/mol. The van der Waals surface area contributed by atoms with E-state index in [1.165, 1.54) is 0 Å². The summed E-state index contributed by atoms with van der Waals surface area (Å²) in [6.45, 7) is 2.76. The van der Waals surface area contributed by atoms with E-state index in [4.69, 9.17) is 16.9 Å². The summed E-state index contributed by atoms with van der Waals surface area (Å²) >= 11 is 5.91. The van der Waals surface area contributed by atoms with Crippen molar-refractivity contribution >= 4 is 17.4 Å². The number of nitrogens with zero attached hydrogens (tertiary/aromatic N) is 2. The molecule has 0 aliphatic heterocycles. The number of rotatable bonds is 3. The highest BCUT2D eigenvalue weighted by molar-refractivity contribution is 6.32. The van der Waals surface area contributed by atoms with Gasteiger partial charge in [-0.15, -0.1) is 0 Å². The van der Waals surface area contributed by atoms with E-state index in [2.05, 4.69) is 10.3 Å². The van der Waals surface area contributed by atoms with Gasteiger partial charge in [0.1, 0.15) is 5.82 Å². The first-order valence-corrected chi connectivity index (χ1v) is 4.41. The van der Waals surface area contributed by atoms with Crippen LogP contribution in [-0.2, 0) is 6.42 Å². The molecule has 0 radical (unpaired) electrons. The van der Waals surface area contributed by atoms with Gasteiger partial charge in [0.05, 0.1) is 17.5 Å². The fraction of sp³-hybridized carbons (Fsp3) is 0.333. The van der Waals surface area contributed by atoms with Gasteiger partial charge in [-0.3, -0.25) is 0 Å². The van der Waals surface area contributed by atoms with Gasteiger partial charge < -0.3 is 5.32 Å². The number of halogens is 1. The Morgan fingerprint density at radius 1 is 1.69 bits per heavy atom. The summed E-state index contributed by atoms with van der Waals surface area (Å²) in [5.74, 6) is 0.672. The zero-order chi connectivity index (χ0) is 9.68. The molecule has 4 heteroatoms. The lowest BCUT2D eigenvalue weighted by molar-refractivity contribution is 1.13. The van der Waals surface area contributed by atoms with E-state index in [-0.39, 0.29) is 0 Å². The Kier molecular flexibility index (Phi) is 3.53. The van der Waals surface area contributed by atoms with Gasteiger partial charge in [0.15, 0.2) is 0 Å². The highest BCUT2D eigenvalue weighted by atomic mass is 35.5. The second-order valence-corrected chi connectivity index (χ2v) is 2.95. The molecule has 0 bridgehead atoms. The first-order valence-electron chi connectivity index (χ1n) is 4.03. The molecule has 1 aromatic heterocycles. The SMILES string of the molecule is CCNc1ncc(CC#N)cc1Cl. The summed E-state index contributed by atoms with van der Waals surface area (Å²) in [5, 5.41) is 12.0. The van der Waals surface area contributed by atoms with Crippen LogP contribution < -0.4 is 5.32 Å². The van der Waals surface area contributed by atoms with E-state index in [0.29, 0.717) is 17.3 Å². The highest BCUT2D eigenvalue weighted by Crippen LogP contribution is 2.19. The number of hydrogen-bond acceptors (Lipinski definition) is 3. The van der Waals surface area contributed by atoms with Crippen molar-refractivity contribution in [1.29, 1.82) is 5.26 Å². The number of anilines is 1. The fourth-order valence-corrected chi connectivity index (χ4v) is 1.22. The normalized spacial score (nSPS) is 9.31. The molecule has 0 aliphatic carbocycles. The molecule has 0 aromatic carbocycles. The molecular formula is C9H10ClN3. The van der Waals surface area contributed by atoms with E-state index in [1.54, 1.807) is 12.3 Å². The molecule has 0 spiro atoms. The molecule has 0 saturated carbocycles. The van der Waals surface area contributed by atoms with Crippen LogP contribution in [0.15, 0.2) is 12.3 Å². The van der Waals surface area contributed by atoms with Crippen molar-refractivity contribution in [2.45, 2.75) is 13.3 Å². The van der Waals surface area contributed by atoms with Gasteiger partial charge in [0.25, 0.3) is 0 Å². The third-order valence-electron chi connectivity index (χ3n) is 1.53. The summed E-state index contributed by atoms with van der Waals surface area (Å²) in [5.41, 5.74) is 0.842. The Hall–Kier alpha value is -1.27.